The topological polar surface area (TPSA) is 33.2 Å². The van der Waals surface area contributed by atoms with Crippen molar-refractivity contribution in [3.8, 4) is 39.6 Å². The van der Waals surface area contributed by atoms with Crippen LogP contribution in [0.1, 0.15) is 22.7 Å². The second-order valence-corrected chi connectivity index (χ2v) is 12.8. The van der Waals surface area contributed by atoms with Crippen molar-refractivity contribution in [1.29, 1.82) is 0 Å². The molecule has 4 nitrogen and oxygen atoms in total. The number of hydrogen-bond acceptors (Lipinski definition) is 2. The highest BCUT2D eigenvalue weighted by Crippen LogP contribution is 2.48. The van der Waals surface area contributed by atoms with E-state index >= 15 is 0 Å². The van der Waals surface area contributed by atoms with Crippen LogP contribution in [0.2, 0.25) is 0 Å². The fourth-order valence-electron chi connectivity index (χ4n) is 7.23. The minimum absolute atomic E-state index is 0.150. The van der Waals surface area contributed by atoms with E-state index in [4.69, 9.17) is 10.1 Å². The summed E-state index contributed by atoms with van der Waals surface area (Å²) in [4.78, 5) is 5.48. The molecule has 246 valence electrons. The van der Waals surface area contributed by atoms with Crippen LogP contribution >= 0.6 is 0 Å². The number of hydrogen-bond donors (Lipinski definition) is 0. The summed E-state index contributed by atoms with van der Waals surface area (Å²) in [6.45, 7) is 0. The molecule has 0 saturated carbocycles. The SMILES string of the molecule is c1ccc(C2=C(c3ccccc3)C(c3ccccc3)[N+](c3cccc(-c4nc(-c5ccccc5)c(-c5ccccc5)n4-c4ccccc4)c3)=N2)cc1. The summed E-state index contributed by atoms with van der Waals surface area (Å²) < 4.78 is 4.49. The molecule has 0 N–H and O–H groups in total. The molecule has 2 heterocycles. The van der Waals surface area contributed by atoms with Crippen molar-refractivity contribution < 1.29 is 4.70 Å². The number of imidazole rings is 1. The van der Waals surface area contributed by atoms with E-state index < -0.39 is 0 Å². The molecular weight excluding hydrogens is 633 g/mol. The number of para-hydroxylation sites is 1. The molecule has 0 spiro atoms. The van der Waals surface area contributed by atoms with Gasteiger partial charge in [-0.2, -0.15) is 0 Å². The first-order valence-corrected chi connectivity index (χ1v) is 17.6. The molecule has 1 aromatic heterocycles. The number of nitrogens with zero attached hydrogens (tertiary/aromatic N) is 4. The van der Waals surface area contributed by atoms with Crippen LogP contribution in [0.4, 0.5) is 5.69 Å². The van der Waals surface area contributed by atoms with Crippen LogP contribution in [-0.2, 0) is 0 Å². The summed E-state index contributed by atoms with van der Waals surface area (Å²) in [6, 6.07) is 72.0. The summed E-state index contributed by atoms with van der Waals surface area (Å²) in [7, 11) is 0. The van der Waals surface area contributed by atoms with E-state index in [2.05, 4.69) is 216 Å². The molecule has 0 amide bonds. The smallest absolute Gasteiger partial charge is 0.238 e. The Balaban J connectivity index is 1.27. The van der Waals surface area contributed by atoms with E-state index in [1.165, 1.54) is 11.1 Å². The Morgan fingerprint density at radius 3 is 1.56 bits per heavy atom. The van der Waals surface area contributed by atoms with Crippen LogP contribution in [0, 0.1) is 0 Å². The molecule has 4 heteroatoms. The Bertz CT molecular complexity index is 2520. The summed E-state index contributed by atoms with van der Waals surface area (Å²) in [6.07, 6.45) is 0. The first-order valence-electron chi connectivity index (χ1n) is 17.6. The van der Waals surface area contributed by atoms with Gasteiger partial charge in [0.2, 0.25) is 11.7 Å². The third kappa shape index (κ3) is 5.76. The van der Waals surface area contributed by atoms with Crippen molar-refractivity contribution in [3.63, 3.8) is 0 Å². The van der Waals surface area contributed by atoms with E-state index in [-0.39, 0.29) is 6.04 Å². The monoisotopic (exact) mass is 667 g/mol. The maximum atomic E-state index is 5.48. The third-order valence-electron chi connectivity index (χ3n) is 9.58. The quantitative estimate of drug-likeness (QED) is 0.148. The van der Waals surface area contributed by atoms with Gasteiger partial charge >= 0.3 is 0 Å². The number of benzene rings is 7. The van der Waals surface area contributed by atoms with Crippen molar-refractivity contribution >= 4 is 17.0 Å². The zero-order valence-corrected chi connectivity index (χ0v) is 28.5. The average molecular weight is 668 g/mol. The van der Waals surface area contributed by atoms with Gasteiger partial charge in [0.15, 0.2) is 0 Å². The predicted molar refractivity (Wildman–Crippen MR) is 211 cm³/mol. The van der Waals surface area contributed by atoms with E-state index in [1.54, 1.807) is 0 Å². The van der Waals surface area contributed by atoms with Gasteiger partial charge in [0.1, 0.15) is 11.5 Å². The van der Waals surface area contributed by atoms with Crippen LogP contribution in [0.5, 0.6) is 0 Å². The minimum Gasteiger partial charge on any atom is -0.292 e. The lowest BCUT2D eigenvalue weighted by molar-refractivity contribution is -0.533. The Hall–Kier alpha value is -6.91. The number of azo groups is 2. The molecular formula is C48H35N4+. The van der Waals surface area contributed by atoms with Gasteiger partial charge in [-0.15, -0.1) is 0 Å². The van der Waals surface area contributed by atoms with Crippen molar-refractivity contribution in [3.05, 3.63) is 223 Å². The molecule has 7 aromatic carbocycles. The standard InChI is InChI=1S/C48H35N4/c1-7-20-35(21-8-1)43-44(36-22-9-2-10-23-36)50-52(46(43)38-26-13-4-14-27-38)42-33-19-30-40(34-42)48-49-45(37-24-11-3-12-25-37)47(39-28-15-5-16-29-39)51(48)41-31-17-6-18-32-41/h1-34,46H/q+1. The lowest BCUT2D eigenvalue weighted by Crippen LogP contribution is -2.11. The van der Waals surface area contributed by atoms with Crippen molar-refractivity contribution in [2.45, 2.75) is 6.04 Å². The molecule has 1 unspecified atom stereocenters. The van der Waals surface area contributed by atoms with Crippen molar-refractivity contribution in [1.82, 2.24) is 9.55 Å². The first-order chi connectivity index (χ1) is 25.8. The van der Waals surface area contributed by atoms with Gasteiger partial charge < -0.3 is 0 Å². The van der Waals surface area contributed by atoms with Crippen molar-refractivity contribution in [2.24, 2.45) is 5.11 Å². The Labute approximate surface area is 304 Å². The molecule has 0 fully saturated rings. The molecule has 0 saturated heterocycles. The lowest BCUT2D eigenvalue weighted by Gasteiger charge is -2.15. The minimum atomic E-state index is -0.150. The molecule has 0 radical (unpaired) electrons. The summed E-state index contributed by atoms with van der Waals surface area (Å²) in [5.41, 5.74) is 12.7. The fraction of sp³-hybridized carbons (Fsp3) is 0.0208. The van der Waals surface area contributed by atoms with E-state index in [9.17, 15) is 0 Å². The van der Waals surface area contributed by atoms with Gasteiger partial charge in [-0.3, -0.25) is 4.57 Å². The zero-order chi connectivity index (χ0) is 34.7. The van der Waals surface area contributed by atoms with Gasteiger partial charge in [-0.1, -0.05) is 187 Å². The molecule has 9 rings (SSSR count). The lowest BCUT2D eigenvalue weighted by atomic mass is 9.90. The molecule has 0 aliphatic carbocycles. The average Bonchev–Trinajstić information content (AvgIpc) is 3.84. The summed E-state index contributed by atoms with van der Waals surface area (Å²) in [5.74, 6) is 0.862. The Morgan fingerprint density at radius 1 is 0.442 bits per heavy atom. The molecule has 8 aromatic rings. The van der Waals surface area contributed by atoms with Gasteiger partial charge in [0.05, 0.1) is 17.0 Å². The van der Waals surface area contributed by atoms with Crippen molar-refractivity contribution in [2.75, 3.05) is 0 Å². The fourth-order valence-corrected chi connectivity index (χ4v) is 7.23. The van der Waals surface area contributed by atoms with Gasteiger partial charge in [-0.25, -0.2) is 4.98 Å². The normalized spacial score (nSPS) is 14.0. The maximum Gasteiger partial charge on any atom is 0.238 e. The molecule has 1 aliphatic rings. The van der Waals surface area contributed by atoms with E-state index in [1.807, 2.05) is 0 Å². The second-order valence-electron chi connectivity index (χ2n) is 12.8. The maximum absolute atomic E-state index is 5.48. The predicted octanol–water partition coefficient (Wildman–Crippen LogP) is 12.3. The highest BCUT2D eigenvalue weighted by Gasteiger charge is 2.41. The van der Waals surface area contributed by atoms with Crippen LogP contribution in [0.25, 0.3) is 50.9 Å². The molecule has 1 atom stereocenters. The van der Waals surface area contributed by atoms with Crippen LogP contribution in [-0.4, -0.2) is 14.2 Å². The van der Waals surface area contributed by atoms with Gasteiger partial charge in [0, 0.05) is 50.8 Å². The highest BCUT2D eigenvalue weighted by atomic mass is 15.3. The van der Waals surface area contributed by atoms with Gasteiger partial charge in [-0.05, 0) is 17.7 Å². The summed E-state index contributed by atoms with van der Waals surface area (Å²) in [5, 5.41) is 5.46. The largest absolute Gasteiger partial charge is 0.292 e. The van der Waals surface area contributed by atoms with Crippen LogP contribution in [0.3, 0.4) is 0 Å². The van der Waals surface area contributed by atoms with Crippen LogP contribution < -0.4 is 0 Å². The Morgan fingerprint density at radius 2 is 0.942 bits per heavy atom. The first kappa shape index (κ1) is 31.1. The molecule has 52 heavy (non-hydrogen) atoms. The van der Waals surface area contributed by atoms with E-state index in [0.29, 0.717) is 0 Å². The van der Waals surface area contributed by atoms with Crippen LogP contribution in [0.15, 0.2) is 211 Å². The third-order valence-corrected chi connectivity index (χ3v) is 9.58. The second kappa shape index (κ2) is 13.8. The number of aromatic nitrogens is 2. The van der Waals surface area contributed by atoms with Gasteiger partial charge in [0.25, 0.3) is 0 Å². The molecule has 0 bridgehead atoms. The number of rotatable bonds is 8. The zero-order valence-electron chi connectivity index (χ0n) is 28.5. The Kier molecular flexibility index (Phi) is 8.24. The highest BCUT2D eigenvalue weighted by molar-refractivity contribution is 5.93. The van der Waals surface area contributed by atoms with E-state index in [0.717, 1.165) is 62.1 Å². The molecule has 1 aliphatic heterocycles. The summed E-state index contributed by atoms with van der Waals surface area (Å²) >= 11 is 0.